The summed E-state index contributed by atoms with van der Waals surface area (Å²) in [5, 5.41) is 0. The molecule has 0 bridgehead atoms. The summed E-state index contributed by atoms with van der Waals surface area (Å²) in [7, 11) is 0. The normalized spacial score (nSPS) is 35.0. The van der Waals surface area contributed by atoms with E-state index in [-0.39, 0.29) is 11.9 Å². The van der Waals surface area contributed by atoms with Crippen molar-refractivity contribution < 1.29 is 9.53 Å². The van der Waals surface area contributed by atoms with Crippen LogP contribution in [-0.2, 0) is 9.53 Å². The molecule has 0 aromatic heterocycles. The molecule has 2 heteroatoms. The summed E-state index contributed by atoms with van der Waals surface area (Å²) >= 11 is 0. The molecule has 2 unspecified atom stereocenters. The van der Waals surface area contributed by atoms with Gasteiger partial charge in [-0.25, -0.2) is 0 Å². The van der Waals surface area contributed by atoms with Gasteiger partial charge in [-0.15, -0.1) is 0 Å². The van der Waals surface area contributed by atoms with Crippen LogP contribution in [0.15, 0.2) is 11.3 Å². The number of rotatable bonds is 0. The van der Waals surface area contributed by atoms with Crippen LogP contribution in [0.2, 0.25) is 0 Å². The summed E-state index contributed by atoms with van der Waals surface area (Å²) in [6, 6.07) is 0. The maximum Gasteiger partial charge on any atom is 0.317 e. The van der Waals surface area contributed by atoms with Crippen molar-refractivity contribution in [3.05, 3.63) is 11.3 Å². The lowest BCUT2D eigenvalue weighted by Crippen LogP contribution is -2.08. The second-order valence-electron chi connectivity index (χ2n) is 3.94. The van der Waals surface area contributed by atoms with Crippen LogP contribution in [0.1, 0.15) is 33.1 Å². The Morgan fingerprint density at radius 2 is 2.17 bits per heavy atom. The van der Waals surface area contributed by atoms with Crippen molar-refractivity contribution in [1.29, 1.82) is 0 Å². The Morgan fingerprint density at radius 1 is 1.42 bits per heavy atom. The molecule has 0 radical (unpaired) electrons. The molecule has 0 fully saturated rings. The summed E-state index contributed by atoms with van der Waals surface area (Å²) in [6.45, 7) is 4.15. The fraction of sp³-hybridized carbons (Fsp3) is 0.700. The molecule has 2 rings (SSSR count). The zero-order chi connectivity index (χ0) is 8.72. The van der Waals surface area contributed by atoms with Gasteiger partial charge in [0.1, 0.15) is 5.76 Å². The lowest BCUT2D eigenvalue weighted by Gasteiger charge is -2.18. The van der Waals surface area contributed by atoms with E-state index < -0.39 is 0 Å². The van der Waals surface area contributed by atoms with Crippen molar-refractivity contribution in [2.45, 2.75) is 33.1 Å². The molecule has 1 heterocycles. The molecule has 1 aliphatic heterocycles. The highest BCUT2D eigenvalue weighted by molar-refractivity contribution is 5.79. The number of hydrogen-bond acceptors (Lipinski definition) is 2. The van der Waals surface area contributed by atoms with Crippen molar-refractivity contribution in [2.75, 3.05) is 0 Å². The maximum absolute atomic E-state index is 11.2. The predicted octanol–water partition coefficient (Wildman–Crippen LogP) is 2.25. The first-order chi connectivity index (χ1) is 5.68. The highest BCUT2D eigenvalue weighted by Crippen LogP contribution is 2.38. The number of ether oxygens (including phenoxy) is 1. The van der Waals surface area contributed by atoms with E-state index in [0.29, 0.717) is 5.92 Å². The third kappa shape index (κ3) is 1.06. The van der Waals surface area contributed by atoms with Crippen molar-refractivity contribution >= 4 is 5.97 Å². The minimum Gasteiger partial charge on any atom is -0.431 e. The summed E-state index contributed by atoms with van der Waals surface area (Å²) in [5.41, 5.74) is 1.26. The summed E-state index contributed by atoms with van der Waals surface area (Å²) in [5.74, 6) is 1.65. The first-order valence-electron chi connectivity index (χ1n) is 4.62. The molecule has 1 aliphatic carbocycles. The third-order valence-electron chi connectivity index (χ3n) is 2.90. The van der Waals surface area contributed by atoms with Crippen molar-refractivity contribution in [3.8, 4) is 0 Å². The fourth-order valence-corrected chi connectivity index (χ4v) is 2.01. The Labute approximate surface area is 72.6 Å². The van der Waals surface area contributed by atoms with Crippen molar-refractivity contribution in [1.82, 2.24) is 0 Å². The van der Waals surface area contributed by atoms with Gasteiger partial charge in [0.25, 0.3) is 0 Å². The molecule has 0 spiro atoms. The van der Waals surface area contributed by atoms with E-state index >= 15 is 0 Å². The monoisotopic (exact) mass is 166 g/mol. The third-order valence-corrected chi connectivity index (χ3v) is 2.90. The highest BCUT2D eigenvalue weighted by atomic mass is 16.5. The molecule has 0 amide bonds. The molecule has 0 aromatic rings. The summed E-state index contributed by atoms with van der Waals surface area (Å²) < 4.78 is 5.19. The summed E-state index contributed by atoms with van der Waals surface area (Å²) in [6.07, 6.45) is 3.23. The standard InChI is InChI=1S/C10H14O2/c1-6-3-4-8-7(2)10(11)12-9(8)5-6/h6-7H,3-5H2,1-2H3. The molecule has 2 atom stereocenters. The van der Waals surface area contributed by atoms with Gasteiger partial charge in [0.05, 0.1) is 5.92 Å². The molecule has 2 aliphatic rings. The van der Waals surface area contributed by atoms with Crippen LogP contribution in [0.3, 0.4) is 0 Å². The largest absolute Gasteiger partial charge is 0.431 e. The smallest absolute Gasteiger partial charge is 0.317 e. The zero-order valence-corrected chi connectivity index (χ0v) is 7.59. The van der Waals surface area contributed by atoms with Crippen LogP contribution >= 0.6 is 0 Å². The Bertz CT molecular complexity index is 253. The van der Waals surface area contributed by atoms with E-state index in [9.17, 15) is 4.79 Å². The lowest BCUT2D eigenvalue weighted by atomic mass is 9.86. The quantitative estimate of drug-likeness (QED) is 0.516. The van der Waals surface area contributed by atoms with E-state index in [4.69, 9.17) is 4.74 Å². The van der Waals surface area contributed by atoms with Gasteiger partial charge in [-0.3, -0.25) is 4.79 Å². The second kappa shape index (κ2) is 2.61. The molecule has 0 saturated heterocycles. The summed E-state index contributed by atoms with van der Waals surface area (Å²) in [4.78, 5) is 11.2. The number of hydrogen-bond donors (Lipinski definition) is 0. The first-order valence-corrected chi connectivity index (χ1v) is 4.62. The molecule has 66 valence electrons. The molecule has 0 saturated carbocycles. The van der Waals surface area contributed by atoms with Crippen LogP contribution in [0.5, 0.6) is 0 Å². The van der Waals surface area contributed by atoms with E-state index in [0.717, 1.165) is 18.6 Å². The second-order valence-corrected chi connectivity index (χ2v) is 3.94. The van der Waals surface area contributed by atoms with Gasteiger partial charge in [0.15, 0.2) is 0 Å². The lowest BCUT2D eigenvalue weighted by molar-refractivity contribution is -0.139. The van der Waals surface area contributed by atoms with Crippen LogP contribution in [0.25, 0.3) is 0 Å². The predicted molar refractivity (Wildman–Crippen MR) is 45.3 cm³/mol. The van der Waals surface area contributed by atoms with Crippen molar-refractivity contribution in [3.63, 3.8) is 0 Å². The van der Waals surface area contributed by atoms with Crippen LogP contribution in [0, 0.1) is 11.8 Å². The van der Waals surface area contributed by atoms with E-state index in [1.54, 1.807) is 0 Å². The highest BCUT2D eigenvalue weighted by Gasteiger charge is 2.34. The molecule has 0 aromatic carbocycles. The Hall–Kier alpha value is -0.790. The fourth-order valence-electron chi connectivity index (χ4n) is 2.01. The van der Waals surface area contributed by atoms with Gasteiger partial charge < -0.3 is 4.74 Å². The van der Waals surface area contributed by atoms with Gasteiger partial charge in [0, 0.05) is 6.42 Å². The van der Waals surface area contributed by atoms with Crippen LogP contribution in [0.4, 0.5) is 0 Å². The minimum atomic E-state index is -0.0471. The molecule has 12 heavy (non-hydrogen) atoms. The molecular formula is C10H14O2. The Morgan fingerprint density at radius 3 is 2.92 bits per heavy atom. The van der Waals surface area contributed by atoms with Gasteiger partial charge >= 0.3 is 5.97 Å². The van der Waals surface area contributed by atoms with E-state index in [1.807, 2.05) is 6.92 Å². The first kappa shape index (κ1) is 7.84. The SMILES string of the molecule is CC1CCC2=C(C1)OC(=O)C2C. The van der Waals surface area contributed by atoms with Gasteiger partial charge in [-0.1, -0.05) is 6.92 Å². The van der Waals surface area contributed by atoms with Crippen LogP contribution in [-0.4, -0.2) is 5.97 Å². The van der Waals surface area contributed by atoms with E-state index in [1.165, 1.54) is 12.0 Å². The molecule has 2 nitrogen and oxygen atoms in total. The van der Waals surface area contributed by atoms with Crippen LogP contribution < -0.4 is 0 Å². The van der Waals surface area contributed by atoms with Gasteiger partial charge in [-0.2, -0.15) is 0 Å². The number of allylic oxidation sites excluding steroid dienone is 1. The van der Waals surface area contributed by atoms with E-state index in [2.05, 4.69) is 6.92 Å². The maximum atomic E-state index is 11.2. The molecule has 0 N–H and O–H groups in total. The van der Waals surface area contributed by atoms with Gasteiger partial charge in [-0.05, 0) is 31.3 Å². The average Bonchev–Trinajstić information content (AvgIpc) is 2.28. The number of carbonyl (C=O) groups excluding carboxylic acids is 1. The zero-order valence-electron chi connectivity index (χ0n) is 7.59. The topological polar surface area (TPSA) is 26.3 Å². The minimum absolute atomic E-state index is 0.0347. The number of esters is 1. The Kier molecular flexibility index (Phi) is 1.71. The van der Waals surface area contributed by atoms with Gasteiger partial charge in [0.2, 0.25) is 0 Å². The number of carbonyl (C=O) groups is 1. The Balaban J connectivity index is 2.23. The molecular weight excluding hydrogens is 152 g/mol. The van der Waals surface area contributed by atoms with Crippen molar-refractivity contribution in [2.24, 2.45) is 11.8 Å². The average molecular weight is 166 g/mol.